The van der Waals surface area contributed by atoms with Gasteiger partial charge in [0.25, 0.3) is 5.69 Å². The first-order valence-corrected chi connectivity index (χ1v) is 6.47. The van der Waals surface area contributed by atoms with E-state index in [1.807, 2.05) is 0 Å². The topological polar surface area (TPSA) is 147 Å². The molecule has 3 N–H and O–H groups in total. The van der Waals surface area contributed by atoms with E-state index in [2.05, 4.69) is 5.32 Å². The first kappa shape index (κ1) is 17.8. The Kier molecular flexibility index (Phi) is 6.41. The third-order valence-corrected chi connectivity index (χ3v) is 2.79. The quantitative estimate of drug-likeness (QED) is 0.368. The van der Waals surface area contributed by atoms with Crippen LogP contribution in [-0.4, -0.2) is 39.0 Å². The predicted molar refractivity (Wildman–Crippen MR) is 78.6 cm³/mol. The van der Waals surface area contributed by atoms with E-state index in [1.54, 1.807) is 0 Å². The van der Waals surface area contributed by atoms with Crippen molar-refractivity contribution in [2.75, 3.05) is 0 Å². The number of carbonyl (C=O) groups excluding carboxylic acids is 1. The van der Waals surface area contributed by atoms with Gasteiger partial charge in [-0.1, -0.05) is 0 Å². The molecule has 122 valence electrons. The maximum absolute atomic E-state index is 11.6. The minimum atomic E-state index is -1.33. The highest BCUT2D eigenvalue weighted by Gasteiger charge is 2.19. The van der Waals surface area contributed by atoms with Crippen LogP contribution in [0.5, 0.6) is 0 Å². The van der Waals surface area contributed by atoms with Crippen LogP contribution in [0.25, 0.3) is 6.08 Å². The number of nitrogens with zero attached hydrogens (tertiary/aromatic N) is 1. The fourth-order valence-electron chi connectivity index (χ4n) is 1.62. The van der Waals surface area contributed by atoms with E-state index in [0.717, 1.165) is 6.08 Å². The molecule has 0 aliphatic carbocycles. The van der Waals surface area contributed by atoms with E-state index in [4.69, 9.17) is 10.2 Å². The average Bonchev–Trinajstić information content (AvgIpc) is 2.49. The summed E-state index contributed by atoms with van der Waals surface area (Å²) >= 11 is 0. The SMILES string of the molecule is O=C(O)CCC(NC(=O)C=Cc1ccc([N+](=O)[O-])cc1)C(=O)O. The highest BCUT2D eigenvalue weighted by molar-refractivity contribution is 5.94. The summed E-state index contributed by atoms with van der Waals surface area (Å²) < 4.78 is 0. The minimum Gasteiger partial charge on any atom is -0.481 e. The number of nitro groups is 1. The smallest absolute Gasteiger partial charge is 0.326 e. The van der Waals surface area contributed by atoms with E-state index < -0.39 is 28.8 Å². The van der Waals surface area contributed by atoms with Gasteiger partial charge in [-0.25, -0.2) is 4.79 Å². The van der Waals surface area contributed by atoms with Crippen LogP contribution in [0.1, 0.15) is 18.4 Å². The van der Waals surface area contributed by atoms with Gasteiger partial charge in [-0.15, -0.1) is 0 Å². The Hall–Kier alpha value is -3.23. The fraction of sp³-hybridized carbons (Fsp3) is 0.214. The fourth-order valence-corrected chi connectivity index (χ4v) is 1.62. The van der Waals surface area contributed by atoms with Crippen LogP contribution in [-0.2, 0) is 14.4 Å². The van der Waals surface area contributed by atoms with Crippen LogP contribution >= 0.6 is 0 Å². The lowest BCUT2D eigenvalue weighted by molar-refractivity contribution is -0.384. The summed E-state index contributed by atoms with van der Waals surface area (Å²) in [6, 6.07) is 4.09. The third kappa shape index (κ3) is 6.38. The molecule has 1 amide bonds. The number of hydrogen-bond acceptors (Lipinski definition) is 5. The monoisotopic (exact) mass is 322 g/mol. The summed E-state index contributed by atoms with van der Waals surface area (Å²) in [5, 5.41) is 30.1. The zero-order valence-electron chi connectivity index (χ0n) is 11.8. The molecule has 1 atom stereocenters. The molecule has 9 heteroatoms. The van der Waals surface area contributed by atoms with Gasteiger partial charge in [0.15, 0.2) is 0 Å². The highest BCUT2D eigenvalue weighted by atomic mass is 16.6. The van der Waals surface area contributed by atoms with Crippen LogP contribution in [0.15, 0.2) is 30.3 Å². The molecule has 0 aromatic heterocycles. The van der Waals surface area contributed by atoms with Gasteiger partial charge in [0, 0.05) is 24.6 Å². The molecular formula is C14H14N2O7. The number of rotatable bonds is 8. The Bertz CT molecular complexity index is 637. The number of benzene rings is 1. The molecular weight excluding hydrogens is 308 g/mol. The molecule has 1 rings (SSSR count). The van der Waals surface area contributed by atoms with Gasteiger partial charge in [0.2, 0.25) is 5.91 Å². The van der Waals surface area contributed by atoms with Crippen LogP contribution in [0.4, 0.5) is 5.69 Å². The van der Waals surface area contributed by atoms with Crippen molar-refractivity contribution in [1.82, 2.24) is 5.32 Å². The molecule has 0 spiro atoms. The molecule has 0 aliphatic rings. The van der Waals surface area contributed by atoms with Crippen molar-refractivity contribution in [2.24, 2.45) is 0 Å². The molecule has 9 nitrogen and oxygen atoms in total. The second kappa shape index (κ2) is 8.27. The van der Waals surface area contributed by atoms with E-state index >= 15 is 0 Å². The number of nitro benzene ring substituents is 1. The lowest BCUT2D eigenvalue weighted by atomic mass is 10.1. The summed E-state index contributed by atoms with van der Waals surface area (Å²) in [5.74, 6) is -3.20. The molecule has 1 aromatic carbocycles. The number of hydrogen-bond donors (Lipinski definition) is 3. The lowest BCUT2D eigenvalue weighted by Gasteiger charge is -2.11. The Morgan fingerprint density at radius 3 is 2.30 bits per heavy atom. The van der Waals surface area contributed by atoms with Gasteiger partial charge in [-0.2, -0.15) is 0 Å². The summed E-state index contributed by atoms with van der Waals surface area (Å²) in [5.41, 5.74) is 0.425. The summed E-state index contributed by atoms with van der Waals surface area (Å²) in [4.78, 5) is 42.9. The van der Waals surface area contributed by atoms with E-state index in [1.165, 1.54) is 30.3 Å². The molecule has 0 saturated heterocycles. The zero-order valence-corrected chi connectivity index (χ0v) is 11.8. The Morgan fingerprint density at radius 1 is 1.22 bits per heavy atom. The molecule has 0 bridgehead atoms. The van der Waals surface area contributed by atoms with E-state index in [9.17, 15) is 24.5 Å². The number of amides is 1. The van der Waals surface area contributed by atoms with Crippen molar-refractivity contribution < 1.29 is 29.5 Å². The molecule has 0 saturated carbocycles. The average molecular weight is 322 g/mol. The maximum atomic E-state index is 11.6. The van der Waals surface area contributed by atoms with Crippen LogP contribution in [0.3, 0.4) is 0 Å². The lowest BCUT2D eigenvalue weighted by Crippen LogP contribution is -2.40. The number of non-ortho nitro benzene ring substituents is 1. The van der Waals surface area contributed by atoms with Gasteiger partial charge in [0.1, 0.15) is 6.04 Å². The minimum absolute atomic E-state index is 0.0915. The summed E-state index contributed by atoms with van der Waals surface area (Å²) in [6.07, 6.45) is 1.80. The maximum Gasteiger partial charge on any atom is 0.326 e. The van der Waals surface area contributed by atoms with Gasteiger partial charge in [-0.05, 0) is 30.2 Å². The Morgan fingerprint density at radius 2 is 1.83 bits per heavy atom. The van der Waals surface area contributed by atoms with Crippen molar-refractivity contribution in [3.8, 4) is 0 Å². The number of carboxylic acids is 2. The predicted octanol–water partition coefficient (Wildman–Crippen LogP) is 1.04. The van der Waals surface area contributed by atoms with Crippen molar-refractivity contribution in [3.05, 3.63) is 46.0 Å². The number of carboxylic acid groups (broad SMARTS) is 2. The second-order valence-corrected chi connectivity index (χ2v) is 4.51. The Balaban J connectivity index is 2.64. The molecule has 0 heterocycles. The van der Waals surface area contributed by atoms with E-state index in [0.29, 0.717) is 5.56 Å². The largest absolute Gasteiger partial charge is 0.481 e. The van der Waals surface area contributed by atoms with Gasteiger partial charge >= 0.3 is 11.9 Å². The number of aliphatic carboxylic acids is 2. The molecule has 0 aliphatic heterocycles. The van der Waals surface area contributed by atoms with Crippen LogP contribution in [0.2, 0.25) is 0 Å². The molecule has 1 unspecified atom stereocenters. The summed E-state index contributed by atoms with van der Waals surface area (Å²) in [6.45, 7) is 0. The van der Waals surface area contributed by atoms with Crippen molar-refractivity contribution in [1.29, 1.82) is 0 Å². The van der Waals surface area contributed by atoms with Gasteiger partial charge < -0.3 is 15.5 Å². The van der Waals surface area contributed by atoms with Crippen molar-refractivity contribution >= 4 is 29.6 Å². The molecule has 1 aromatic rings. The van der Waals surface area contributed by atoms with Gasteiger partial charge in [-0.3, -0.25) is 19.7 Å². The van der Waals surface area contributed by atoms with E-state index in [-0.39, 0.29) is 18.5 Å². The van der Waals surface area contributed by atoms with Crippen LogP contribution in [0, 0.1) is 10.1 Å². The first-order valence-electron chi connectivity index (χ1n) is 6.47. The van der Waals surface area contributed by atoms with Crippen molar-refractivity contribution in [3.63, 3.8) is 0 Å². The summed E-state index contributed by atoms with van der Waals surface area (Å²) in [7, 11) is 0. The second-order valence-electron chi connectivity index (χ2n) is 4.51. The normalized spacial score (nSPS) is 11.8. The van der Waals surface area contributed by atoms with Crippen LogP contribution < -0.4 is 5.32 Å². The first-order chi connectivity index (χ1) is 10.8. The zero-order chi connectivity index (χ0) is 17.4. The Labute approximate surface area is 130 Å². The van der Waals surface area contributed by atoms with Gasteiger partial charge in [0.05, 0.1) is 4.92 Å². The molecule has 0 radical (unpaired) electrons. The third-order valence-electron chi connectivity index (χ3n) is 2.79. The highest BCUT2D eigenvalue weighted by Crippen LogP contribution is 2.12. The standard InChI is InChI=1S/C14H14N2O7/c17-12(15-11(14(20)21)6-8-13(18)19)7-3-9-1-4-10(5-2-9)16(22)23/h1-5,7,11H,6,8H2,(H,15,17)(H,18,19)(H,20,21). The van der Waals surface area contributed by atoms with Crippen molar-refractivity contribution in [2.45, 2.75) is 18.9 Å². The molecule has 0 fully saturated rings. The molecule has 23 heavy (non-hydrogen) atoms. The number of carbonyl (C=O) groups is 3. The number of nitrogens with one attached hydrogen (secondary N) is 1.